The number of piperidine rings is 1. The number of hydrogen-bond donors (Lipinski definition) is 1. The van der Waals surface area contributed by atoms with Crippen molar-refractivity contribution in [3.63, 3.8) is 0 Å². The number of ether oxygens (including phenoxy) is 1. The molecule has 6 rings (SSSR count). The van der Waals surface area contributed by atoms with Crippen LogP contribution in [0.2, 0.25) is 0 Å². The molecule has 10 heteroatoms. The fraction of sp³-hybridized carbons (Fsp3) is 0.267. The summed E-state index contributed by atoms with van der Waals surface area (Å²) < 4.78 is 45.4. The minimum atomic E-state index is -4.92. The maximum atomic E-state index is 14.1. The highest BCUT2D eigenvalue weighted by Crippen LogP contribution is 2.39. The molecule has 204 valence electrons. The van der Waals surface area contributed by atoms with Crippen molar-refractivity contribution >= 4 is 43.1 Å². The molecule has 1 aliphatic heterocycles. The average molecular weight is 559 g/mol. The normalized spacial score (nSPS) is 15.2. The Kier molecular flexibility index (Phi) is 6.36. The van der Waals surface area contributed by atoms with Crippen LogP contribution in [0.3, 0.4) is 0 Å². The summed E-state index contributed by atoms with van der Waals surface area (Å²) in [6.07, 6.45) is 1.72. The van der Waals surface area contributed by atoms with Crippen LogP contribution in [0, 0.1) is 11.3 Å². The molecule has 0 saturated carbocycles. The molecule has 3 aromatic carbocycles. The Morgan fingerprint density at radius 1 is 1.10 bits per heavy atom. The second-order valence-electron chi connectivity index (χ2n) is 10.2. The zero-order valence-corrected chi connectivity index (χ0v) is 22.9. The van der Waals surface area contributed by atoms with Crippen molar-refractivity contribution < 1.29 is 17.0 Å². The highest BCUT2D eigenvalue weighted by atomic mass is 32.3. The predicted octanol–water partition coefficient (Wildman–Crippen LogP) is 5.50. The number of rotatable bonds is 5. The van der Waals surface area contributed by atoms with Crippen LogP contribution in [0.25, 0.3) is 44.0 Å². The topological polar surface area (TPSA) is 108 Å². The van der Waals surface area contributed by atoms with Crippen LogP contribution in [0.4, 0.5) is 3.89 Å². The van der Waals surface area contributed by atoms with Gasteiger partial charge in [0, 0.05) is 22.5 Å². The van der Waals surface area contributed by atoms with E-state index in [1.807, 2.05) is 13.0 Å². The lowest BCUT2D eigenvalue weighted by molar-refractivity contribution is 0.226. The van der Waals surface area contributed by atoms with Crippen molar-refractivity contribution in [2.45, 2.75) is 30.7 Å². The molecule has 0 radical (unpaired) electrons. The lowest BCUT2D eigenvalue weighted by Gasteiger charge is -2.32. The van der Waals surface area contributed by atoms with Crippen LogP contribution in [0.1, 0.15) is 31.4 Å². The lowest BCUT2D eigenvalue weighted by Crippen LogP contribution is -2.32. The summed E-state index contributed by atoms with van der Waals surface area (Å²) in [4.78, 5) is 19.4. The molecular formula is C30H27FN4O4S. The van der Waals surface area contributed by atoms with E-state index in [4.69, 9.17) is 4.74 Å². The Hall–Kier alpha value is -4.20. The summed E-state index contributed by atoms with van der Waals surface area (Å²) in [6, 6.07) is 16.7. The first-order chi connectivity index (χ1) is 19.2. The van der Waals surface area contributed by atoms with Crippen LogP contribution >= 0.6 is 0 Å². The number of pyridine rings is 1. The van der Waals surface area contributed by atoms with E-state index in [0.29, 0.717) is 56.5 Å². The van der Waals surface area contributed by atoms with Crippen LogP contribution < -0.4 is 10.2 Å². The Balaban J connectivity index is 1.73. The van der Waals surface area contributed by atoms with Crippen molar-refractivity contribution in [1.29, 1.82) is 5.26 Å². The highest BCUT2D eigenvalue weighted by Gasteiger charge is 2.26. The largest absolute Gasteiger partial charge is 0.493 e. The summed E-state index contributed by atoms with van der Waals surface area (Å²) in [7, 11) is -2.83. The second-order valence-corrected chi connectivity index (χ2v) is 11.6. The van der Waals surface area contributed by atoms with Gasteiger partial charge >= 0.3 is 10.2 Å². The van der Waals surface area contributed by atoms with Crippen molar-refractivity contribution in [3.05, 3.63) is 70.4 Å². The second kappa shape index (κ2) is 9.77. The van der Waals surface area contributed by atoms with Crippen LogP contribution in [-0.2, 0) is 10.2 Å². The number of aromatic nitrogens is 2. The van der Waals surface area contributed by atoms with Crippen molar-refractivity contribution in [2.75, 3.05) is 26.7 Å². The van der Waals surface area contributed by atoms with E-state index in [9.17, 15) is 22.4 Å². The van der Waals surface area contributed by atoms with Crippen molar-refractivity contribution in [3.8, 4) is 22.9 Å². The monoisotopic (exact) mass is 558 g/mol. The zero-order chi connectivity index (χ0) is 28.2. The van der Waals surface area contributed by atoms with Gasteiger partial charge in [-0.05, 0) is 81.9 Å². The number of hydrogen-bond acceptors (Lipinski definition) is 6. The maximum absolute atomic E-state index is 14.1. The summed E-state index contributed by atoms with van der Waals surface area (Å²) in [5.41, 5.74) is 3.39. The molecule has 1 saturated heterocycles. The number of nitrogens with one attached hydrogen (secondary N) is 1. The van der Waals surface area contributed by atoms with E-state index in [2.05, 4.69) is 27.6 Å². The molecule has 0 unspecified atom stereocenters. The van der Waals surface area contributed by atoms with Gasteiger partial charge in [-0.15, -0.1) is 3.89 Å². The number of halogens is 1. The van der Waals surface area contributed by atoms with Crippen molar-refractivity contribution in [1.82, 2.24) is 14.5 Å². The molecule has 0 spiro atoms. The molecular weight excluding hydrogens is 531 g/mol. The van der Waals surface area contributed by atoms with E-state index in [0.717, 1.165) is 31.3 Å². The van der Waals surface area contributed by atoms with Crippen LogP contribution in [0.15, 0.2) is 64.3 Å². The summed E-state index contributed by atoms with van der Waals surface area (Å²) in [5, 5.41) is 11.2. The van der Waals surface area contributed by atoms with Gasteiger partial charge < -0.3 is 19.2 Å². The van der Waals surface area contributed by atoms with Gasteiger partial charge in [0.15, 0.2) is 5.43 Å². The van der Waals surface area contributed by atoms with E-state index in [1.165, 1.54) is 18.2 Å². The molecule has 8 nitrogen and oxygen atoms in total. The number of aromatic amines is 1. The molecule has 1 aliphatic rings. The number of benzene rings is 3. The van der Waals surface area contributed by atoms with E-state index < -0.39 is 15.1 Å². The van der Waals surface area contributed by atoms with E-state index >= 15 is 0 Å². The standard InChI is InChI=1S/C30H27FN4O4S/c1-3-39-27-16-24-26(15-23(27)19-5-4-6-21(14-19)40(31,37)38)35(20-9-11-34(2)12-10-20)30-28(29(24)36)22-8-7-18(17-32)13-25(22)33-30/h4-8,13-16,20,33H,3,9-12H2,1-2H3. The third kappa shape index (κ3) is 4.31. The maximum Gasteiger partial charge on any atom is 0.332 e. The Morgan fingerprint density at radius 2 is 1.88 bits per heavy atom. The molecule has 2 aromatic heterocycles. The zero-order valence-electron chi connectivity index (χ0n) is 22.1. The van der Waals surface area contributed by atoms with Gasteiger partial charge in [-0.1, -0.05) is 18.2 Å². The smallest absolute Gasteiger partial charge is 0.332 e. The molecule has 1 fully saturated rings. The summed E-state index contributed by atoms with van der Waals surface area (Å²) in [6.45, 7) is 3.91. The average Bonchev–Trinajstić information content (AvgIpc) is 3.32. The van der Waals surface area contributed by atoms with Gasteiger partial charge in [-0.25, -0.2) is 0 Å². The molecule has 3 heterocycles. The lowest BCUT2D eigenvalue weighted by atomic mass is 9.98. The predicted molar refractivity (Wildman–Crippen MR) is 153 cm³/mol. The van der Waals surface area contributed by atoms with Crippen LogP contribution in [0.5, 0.6) is 5.75 Å². The third-order valence-corrected chi connectivity index (χ3v) is 8.57. The first-order valence-corrected chi connectivity index (χ1v) is 14.5. The first kappa shape index (κ1) is 26.0. The minimum Gasteiger partial charge on any atom is -0.493 e. The first-order valence-electron chi connectivity index (χ1n) is 13.1. The molecule has 1 N–H and O–H groups in total. The Bertz CT molecular complexity index is 2020. The van der Waals surface area contributed by atoms with Gasteiger partial charge in [0.25, 0.3) is 0 Å². The SMILES string of the molecule is CCOc1cc2c(=O)c3c4ccc(C#N)cc4[nH]c3n(C3CCN(C)CC3)c2cc1-c1cccc(S(=O)(=O)F)c1. The summed E-state index contributed by atoms with van der Waals surface area (Å²) >= 11 is 0. The van der Waals surface area contributed by atoms with Gasteiger partial charge in [-0.2, -0.15) is 13.7 Å². The number of nitrogens with zero attached hydrogens (tertiary/aromatic N) is 3. The molecule has 0 atom stereocenters. The number of nitriles is 1. The molecule has 0 amide bonds. The van der Waals surface area contributed by atoms with Gasteiger partial charge in [-0.3, -0.25) is 4.79 Å². The highest BCUT2D eigenvalue weighted by molar-refractivity contribution is 7.86. The molecule has 40 heavy (non-hydrogen) atoms. The van der Waals surface area contributed by atoms with E-state index in [1.54, 1.807) is 30.3 Å². The van der Waals surface area contributed by atoms with Gasteiger partial charge in [0.2, 0.25) is 0 Å². The van der Waals surface area contributed by atoms with Gasteiger partial charge in [0.05, 0.1) is 39.4 Å². The Morgan fingerprint density at radius 3 is 2.58 bits per heavy atom. The Labute approximate surface area is 230 Å². The fourth-order valence-electron chi connectivity index (χ4n) is 5.82. The fourth-order valence-corrected chi connectivity index (χ4v) is 6.33. The molecule has 5 aromatic rings. The number of likely N-dealkylation sites (tertiary alicyclic amines) is 1. The molecule has 0 aliphatic carbocycles. The third-order valence-electron chi connectivity index (χ3n) is 7.76. The van der Waals surface area contributed by atoms with Crippen LogP contribution in [-0.4, -0.2) is 49.6 Å². The van der Waals surface area contributed by atoms with E-state index in [-0.39, 0.29) is 11.5 Å². The summed E-state index contributed by atoms with van der Waals surface area (Å²) in [5.74, 6) is 0.404. The quantitative estimate of drug-likeness (QED) is 0.286. The van der Waals surface area contributed by atoms with Gasteiger partial charge in [0.1, 0.15) is 11.4 Å². The number of H-pyrrole nitrogens is 1. The number of fused-ring (bicyclic) bond motifs is 4. The minimum absolute atomic E-state index is 0.0775. The molecule has 0 bridgehead atoms. The van der Waals surface area contributed by atoms with Crippen molar-refractivity contribution in [2.24, 2.45) is 0 Å².